The summed E-state index contributed by atoms with van der Waals surface area (Å²) < 4.78 is 6.26. The molecule has 1 atom stereocenters. The first kappa shape index (κ1) is 15.6. The minimum Gasteiger partial charge on any atom is -0.550 e. The number of rotatable bonds is 2. The molecule has 0 aliphatic carbocycles. The molecular weight excluding hydrogens is 348 g/mol. The molecule has 3 heteroatoms. The third-order valence-electron chi connectivity index (χ3n) is 5.02. The summed E-state index contributed by atoms with van der Waals surface area (Å²) in [6.45, 7) is 2.27. The summed E-state index contributed by atoms with van der Waals surface area (Å²) in [5.74, 6) is 1.05. The van der Waals surface area contributed by atoms with Crippen LogP contribution >= 0.6 is 0 Å². The molecule has 0 saturated carbocycles. The van der Waals surface area contributed by atoms with Crippen molar-refractivity contribution in [3.05, 3.63) is 78.9 Å². The van der Waals surface area contributed by atoms with E-state index in [9.17, 15) is 0 Å². The maximum atomic E-state index is 6.26. The summed E-state index contributed by atoms with van der Waals surface area (Å²) in [6, 6.07) is 28.7. The maximum Gasteiger partial charge on any atom is 0.206 e. The monoisotopic (exact) mass is 368 g/mol. The standard InChI is InChI=1S/C23H20OSi2/c1-26(25)24-23-8-4-7-17-12-19-10-9-18-11-15-5-2-3-6-16(15)13-20(18)21(19)14-22(17)23/h2-14,26H,1,25H3. The van der Waals surface area contributed by atoms with E-state index in [1.165, 1.54) is 43.1 Å². The van der Waals surface area contributed by atoms with Crippen LogP contribution in [0.15, 0.2) is 78.9 Å². The summed E-state index contributed by atoms with van der Waals surface area (Å²) in [4.78, 5) is 0. The van der Waals surface area contributed by atoms with E-state index in [0.717, 1.165) is 15.5 Å². The van der Waals surface area contributed by atoms with E-state index in [2.05, 4.69) is 85.4 Å². The summed E-state index contributed by atoms with van der Waals surface area (Å²) in [5, 5.41) is 10.3. The van der Waals surface area contributed by atoms with E-state index in [1.54, 1.807) is 0 Å². The summed E-state index contributed by atoms with van der Waals surface area (Å²) in [5.41, 5.74) is 0. The predicted octanol–water partition coefficient (Wildman–Crippen LogP) is 4.89. The van der Waals surface area contributed by atoms with Crippen molar-refractivity contribution in [2.45, 2.75) is 6.55 Å². The van der Waals surface area contributed by atoms with Crippen LogP contribution in [0.25, 0.3) is 43.1 Å². The lowest BCUT2D eigenvalue weighted by Gasteiger charge is -2.14. The van der Waals surface area contributed by atoms with E-state index < -0.39 is 8.56 Å². The molecule has 5 rings (SSSR count). The molecule has 0 radical (unpaired) electrons. The predicted molar refractivity (Wildman–Crippen MR) is 120 cm³/mol. The highest BCUT2D eigenvalue weighted by atomic mass is 29.2. The number of benzene rings is 5. The fourth-order valence-electron chi connectivity index (χ4n) is 3.85. The Morgan fingerprint density at radius 3 is 1.92 bits per heavy atom. The third-order valence-corrected chi connectivity index (χ3v) is 6.46. The number of hydrogen-bond donors (Lipinski definition) is 0. The molecule has 0 heterocycles. The first-order chi connectivity index (χ1) is 12.7. The van der Waals surface area contributed by atoms with Gasteiger partial charge >= 0.3 is 0 Å². The van der Waals surface area contributed by atoms with Crippen LogP contribution in [-0.4, -0.2) is 18.3 Å². The Bertz CT molecular complexity index is 1290. The van der Waals surface area contributed by atoms with Crippen molar-refractivity contribution >= 4 is 61.4 Å². The molecular formula is C23H20OSi2. The molecule has 1 nitrogen and oxygen atoms in total. The topological polar surface area (TPSA) is 9.23 Å². The molecule has 0 spiro atoms. The van der Waals surface area contributed by atoms with Gasteiger partial charge in [0.1, 0.15) is 5.75 Å². The normalized spacial score (nSPS) is 13.0. The minimum absolute atomic E-state index is 1.01. The van der Waals surface area contributed by atoms with Gasteiger partial charge in [0.05, 0.1) is 0 Å². The lowest BCUT2D eigenvalue weighted by molar-refractivity contribution is 0.600. The van der Waals surface area contributed by atoms with Crippen molar-refractivity contribution in [2.75, 3.05) is 0 Å². The van der Waals surface area contributed by atoms with E-state index in [4.69, 9.17) is 4.43 Å². The maximum absolute atomic E-state index is 6.26. The molecule has 26 heavy (non-hydrogen) atoms. The van der Waals surface area contributed by atoms with E-state index in [0.29, 0.717) is 0 Å². The lowest BCUT2D eigenvalue weighted by Crippen LogP contribution is -2.17. The molecule has 126 valence electrons. The third kappa shape index (κ3) is 2.52. The summed E-state index contributed by atoms with van der Waals surface area (Å²) in [7, 11) is 0.147. The largest absolute Gasteiger partial charge is 0.550 e. The Kier molecular flexibility index (Phi) is 3.59. The first-order valence-electron chi connectivity index (χ1n) is 9.14. The Hall–Kier alpha value is -2.63. The minimum atomic E-state index is -1.01. The first-order valence-corrected chi connectivity index (χ1v) is 15.4. The van der Waals surface area contributed by atoms with Crippen LogP contribution in [0.1, 0.15) is 0 Å². The Labute approximate surface area is 157 Å². The van der Waals surface area contributed by atoms with Gasteiger partial charge in [0.15, 0.2) is 0 Å². The zero-order valence-corrected chi connectivity index (χ0v) is 18.1. The van der Waals surface area contributed by atoms with E-state index >= 15 is 0 Å². The van der Waals surface area contributed by atoms with Crippen molar-refractivity contribution in [3.8, 4) is 5.75 Å². The van der Waals surface area contributed by atoms with Crippen LogP contribution < -0.4 is 4.43 Å². The fraction of sp³-hybridized carbons (Fsp3) is 0.0435. The number of fused-ring (bicyclic) bond motifs is 5. The average Bonchev–Trinajstić information content (AvgIpc) is 2.65. The molecule has 0 aromatic heterocycles. The molecule has 5 aromatic carbocycles. The van der Waals surface area contributed by atoms with Gasteiger partial charge in [0.25, 0.3) is 0 Å². The highest BCUT2D eigenvalue weighted by molar-refractivity contribution is 6.99. The Morgan fingerprint density at radius 2 is 1.19 bits per heavy atom. The van der Waals surface area contributed by atoms with Crippen LogP contribution in [0.3, 0.4) is 0 Å². The SMILES string of the molecule is C[SiH]([SiH3])Oc1cccc2cc3ccc4cc5ccccc5cc4c3cc12. The van der Waals surface area contributed by atoms with Gasteiger partial charge in [-0.3, -0.25) is 0 Å². The highest BCUT2D eigenvalue weighted by Crippen LogP contribution is 2.35. The van der Waals surface area contributed by atoms with Gasteiger partial charge in [-0.2, -0.15) is 0 Å². The molecule has 1 unspecified atom stereocenters. The average molecular weight is 369 g/mol. The van der Waals surface area contributed by atoms with Crippen LogP contribution in [0, 0.1) is 0 Å². The molecule has 5 aromatic rings. The van der Waals surface area contributed by atoms with Gasteiger partial charge in [-0.1, -0.05) is 48.5 Å². The van der Waals surface area contributed by atoms with Crippen LogP contribution in [-0.2, 0) is 0 Å². The molecule has 0 amide bonds. The highest BCUT2D eigenvalue weighted by Gasteiger charge is 2.09. The van der Waals surface area contributed by atoms with Crippen molar-refractivity contribution in [1.82, 2.24) is 0 Å². The van der Waals surface area contributed by atoms with Crippen LogP contribution in [0.2, 0.25) is 6.55 Å². The van der Waals surface area contributed by atoms with Gasteiger partial charge in [0.2, 0.25) is 8.56 Å². The molecule has 0 fully saturated rings. The second-order valence-corrected chi connectivity index (χ2v) is 14.4. The van der Waals surface area contributed by atoms with Crippen LogP contribution in [0.5, 0.6) is 5.75 Å². The molecule has 0 N–H and O–H groups in total. The van der Waals surface area contributed by atoms with Gasteiger partial charge in [-0.25, -0.2) is 0 Å². The second-order valence-electron chi connectivity index (χ2n) is 7.20. The quantitative estimate of drug-likeness (QED) is 0.245. The van der Waals surface area contributed by atoms with Gasteiger partial charge in [-0.05, 0) is 74.6 Å². The smallest absolute Gasteiger partial charge is 0.206 e. The zero-order chi connectivity index (χ0) is 17.7. The molecule has 0 aliphatic rings. The summed E-state index contributed by atoms with van der Waals surface area (Å²) >= 11 is 0. The van der Waals surface area contributed by atoms with Gasteiger partial charge in [0, 0.05) is 15.1 Å². The lowest BCUT2D eigenvalue weighted by atomic mass is 9.96. The van der Waals surface area contributed by atoms with Gasteiger partial charge in [-0.15, -0.1) is 0 Å². The molecule has 0 aliphatic heterocycles. The van der Waals surface area contributed by atoms with Crippen molar-refractivity contribution < 1.29 is 4.43 Å². The molecule has 0 bridgehead atoms. The second kappa shape index (κ2) is 5.97. The van der Waals surface area contributed by atoms with Crippen molar-refractivity contribution in [1.29, 1.82) is 0 Å². The van der Waals surface area contributed by atoms with Crippen LogP contribution in [0.4, 0.5) is 0 Å². The van der Waals surface area contributed by atoms with E-state index in [1.807, 2.05) is 0 Å². The Morgan fingerprint density at radius 1 is 0.615 bits per heavy atom. The number of hydrogen-bond acceptors (Lipinski definition) is 1. The van der Waals surface area contributed by atoms with Crippen molar-refractivity contribution in [2.24, 2.45) is 0 Å². The molecule has 0 saturated heterocycles. The van der Waals surface area contributed by atoms with E-state index in [-0.39, 0.29) is 0 Å². The summed E-state index contributed by atoms with van der Waals surface area (Å²) in [6.07, 6.45) is 0. The zero-order valence-electron chi connectivity index (χ0n) is 15.0. The fourth-order valence-corrected chi connectivity index (χ4v) is 5.33. The Balaban J connectivity index is 1.89. The van der Waals surface area contributed by atoms with Gasteiger partial charge < -0.3 is 4.43 Å². The van der Waals surface area contributed by atoms with Crippen molar-refractivity contribution in [3.63, 3.8) is 0 Å².